The number of aliphatic hydroxyl groups is 1. The Morgan fingerprint density at radius 3 is 2.44 bits per heavy atom. The van der Waals surface area contributed by atoms with Crippen molar-refractivity contribution >= 4 is 11.6 Å². The molecule has 1 atom stereocenters. The summed E-state index contributed by atoms with van der Waals surface area (Å²) in [6.45, 7) is 1.24. The van der Waals surface area contributed by atoms with Gasteiger partial charge in [-0.05, 0) is 48.1 Å². The first-order valence-electron chi connectivity index (χ1n) is 8.59. The van der Waals surface area contributed by atoms with Gasteiger partial charge in [-0.15, -0.1) is 0 Å². The quantitative estimate of drug-likeness (QED) is 0.840. The highest BCUT2D eigenvalue weighted by molar-refractivity contribution is 5.80. The van der Waals surface area contributed by atoms with Crippen molar-refractivity contribution in [3.63, 3.8) is 0 Å². The first kappa shape index (κ1) is 17.4. The van der Waals surface area contributed by atoms with Crippen molar-refractivity contribution in [2.45, 2.75) is 25.4 Å². The second kappa shape index (κ2) is 7.66. The molecule has 2 aromatic carbocycles. The Labute approximate surface area is 147 Å². The number of aliphatic hydroxyl groups excluding tert-OH is 1. The highest BCUT2D eigenvalue weighted by Gasteiger charge is 2.28. The van der Waals surface area contributed by atoms with Gasteiger partial charge in [0, 0.05) is 18.8 Å². The Morgan fingerprint density at radius 1 is 1.16 bits per heavy atom. The number of hydrogen-bond donors (Lipinski definition) is 2. The van der Waals surface area contributed by atoms with Gasteiger partial charge in [-0.3, -0.25) is 4.79 Å². The van der Waals surface area contributed by atoms with Gasteiger partial charge in [0.2, 0.25) is 5.91 Å². The molecule has 0 aliphatic carbocycles. The van der Waals surface area contributed by atoms with E-state index in [9.17, 15) is 14.3 Å². The van der Waals surface area contributed by atoms with E-state index < -0.39 is 6.10 Å². The Kier molecular flexibility index (Phi) is 5.34. The molecule has 1 fully saturated rings. The van der Waals surface area contributed by atoms with Crippen LogP contribution < -0.4 is 5.73 Å². The fourth-order valence-electron chi connectivity index (χ4n) is 3.37. The number of para-hydroxylation sites is 1. The van der Waals surface area contributed by atoms with Crippen LogP contribution >= 0.6 is 0 Å². The Hall–Kier alpha value is -2.40. The molecule has 0 bridgehead atoms. The maximum atomic E-state index is 13.0. The zero-order valence-electron chi connectivity index (χ0n) is 14.1. The number of nitrogen functional groups attached to an aromatic ring is 1. The minimum atomic E-state index is -0.623. The molecule has 1 saturated heterocycles. The normalized spacial score (nSPS) is 16.6. The van der Waals surface area contributed by atoms with E-state index in [0.29, 0.717) is 25.2 Å². The molecule has 0 saturated carbocycles. The summed E-state index contributed by atoms with van der Waals surface area (Å²) in [5, 5.41) is 10.5. The van der Waals surface area contributed by atoms with Gasteiger partial charge in [0.25, 0.3) is 0 Å². The summed E-state index contributed by atoms with van der Waals surface area (Å²) < 4.78 is 13.0. The summed E-state index contributed by atoms with van der Waals surface area (Å²) in [7, 11) is 0. The summed E-state index contributed by atoms with van der Waals surface area (Å²) >= 11 is 0. The van der Waals surface area contributed by atoms with Crippen LogP contribution in [-0.2, 0) is 11.2 Å². The van der Waals surface area contributed by atoms with Crippen LogP contribution in [0, 0.1) is 11.7 Å². The van der Waals surface area contributed by atoms with Gasteiger partial charge < -0.3 is 15.7 Å². The van der Waals surface area contributed by atoms with Crippen LogP contribution in [0.15, 0.2) is 48.5 Å². The standard InChI is InChI=1S/C20H23FN2O2/c21-17-7-5-14(6-8-17)20(25)15-9-11-23(12-10-15)19(24)13-16-3-1-2-4-18(16)22/h1-8,15,20,25H,9-13,22H2. The van der Waals surface area contributed by atoms with Crippen LogP contribution in [0.3, 0.4) is 0 Å². The Balaban J connectivity index is 1.55. The summed E-state index contributed by atoms with van der Waals surface area (Å²) in [5.74, 6) is -0.166. The molecule has 1 aliphatic rings. The first-order chi connectivity index (χ1) is 12.0. The van der Waals surface area contributed by atoms with Crippen molar-refractivity contribution in [2.24, 2.45) is 5.92 Å². The minimum absolute atomic E-state index is 0.0626. The van der Waals surface area contributed by atoms with Gasteiger partial charge in [-0.25, -0.2) is 4.39 Å². The molecule has 4 nitrogen and oxygen atoms in total. The predicted octanol–water partition coefficient (Wildman–Crippen LogP) is 2.92. The van der Waals surface area contributed by atoms with Crippen LogP contribution in [0.1, 0.15) is 30.1 Å². The van der Waals surface area contributed by atoms with Gasteiger partial charge in [0.05, 0.1) is 12.5 Å². The molecular formula is C20H23FN2O2. The molecule has 2 aromatic rings. The highest BCUT2D eigenvalue weighted by Crippen LogP contribution is 2.31. The molecule has 1 heterocycles. The minimum Gasteiger partial charge on any atom is -0.398 e. The summed E-state index contributed by atoms with van der Waals surface area (Å²) in [6, 6.07) is 13.4. The average molecular weight is 342 g/mol. The number of carbonyl (C=O) groups excluding carboxylic acids is 1. The molecule has 1 unspecified atom stereocenters. The van der Waals surface area contributed by atoms with Gasteiger partial charge >= 0.3 is 0 Å². The van der Waals surface area contributed by atoms with Crippen LogP contribution in [0.4, 0.5) is 10.1 Å². The monoisotopic (exact) mass is 342 g/mol. The van der Waals surface area contributed by atoms with E-state index in [4.69, 9.17) is 5.73 Å². The van der Waals surface area contributed by atoms with E-state index in [2.05, 4.69) is 0 Å². The molecule has 0 spiro atoms. The van der Waals surface area contributed by atoms with Crippen molar-refractivity contribution < 1.29 is 14.3 Å². The van der Waals surface area contributed by atoms with Gasteiger partial charge in [0.1, 0.15) is 5.82 Å². The lowest BCUT2D eigenvalue weighted by atomic mass is 9.87. The number of benzene rings is 2. The lowest BCUT2D eigenvalue weighted by molar-refractivity contribution is -0.132. The third-order valence-corrected chi connectivity index (χ3v) is 4.95. The molecular weight excluding hydrogens is 319 g/mol. The highest BCUT2D eigenvalue weighted by atomic mass is 19.1. The second-order valence-electron chi connectivity index (χ2n) is 6.59. The molecule has 25 heavy (non-hydrogen) atoms. The molecule has 1 aliphatic heterocycles. The van der Waals surface area contributed by atoms with E-state index in [0.717, 1.165) is 24.0 Å². The van der Waals surface area contributed by atoms with Gasteiger partial charge in [0.15, 0.2) is 0 Å². The Bertz CT molecular complexity index is 725. The molecule has 0 aromatic heterocycles. The third-order valence-electron chi connectivity index (χ3n) is 4.95. The van der Waals surface area contributed by atoms with Crippen LogP contribution in [0.25, 0.3) is 0 Å². The fourth-order valence-corrected chi connectivity index (χ4v) is 3.37. The number of hydrogen-bond acceptors (Lipinski definition) is 3. The number of rotatable bonds is 4. The summed E-state index contributed by atoms with van der Waals surface area (Å²) in [6.07, 6.45) is 1.14. The van der Waals surface area contributed by atoms with E-state index in [1.807, 2.05) is 23.1 Å². The number of anilines is 1. The molecule has 132 valence electrons. The smallest absolute Gasteiger partial charge is 0.227 e. The van der Waals surface area contributed by atoms with Crippen molar-refractivity contribution in [2.75, 3.05) is 18.8 Å². The summed E-state index contributed by atoms with van der Waals surface area (Å²) in [4.78, 5) is 14.3. The number of piperidine rings is 1. The van der Waals surface area contributed by atoms with Crippen molar-refractivity contribution in [1.29, 1.82) is 0 Å². The van der Waals surface area contributed by atoms with Crippen LogP contribution in [0.2, 0.25) is 0 Å². The van der Waals surface area contributed by atoms with Crippen molar-refractivity contribution in [3.8, 4) is 0 Å². The first-order valence-corrected chi connectivity index (χ1v) is 8.59. The fraction of sp³-hybridized carbons (Fsp3) is 0.350. The van der Waals surface area contributed by atoms with E-state index in [-0.39, 0.29) is 17.6 Å². The molecule has 5 heteroatoms. The van der Waals surface area contributed by atoms with Crippen molar-refractivity contribution in [3.05, 3.63) is 65.5 Å². The number of nitrogens with zero attached hydrogens (tertiary/aromatic N) is 1. The second-order valence-corrected chi connectivity index (χ2v) is 6.59. The zero-order valence-corrected chi connectivity index (χ0v) is 14.1. The maximum absolute atomic E-state index is 13.0. The molecule has 3 N–H and O–H groups in total. The average Bonchev–Trinajstić information content (AvgIpc) is 2.64. The van der Waals surface area contributed by atoms with Crippen LogP contribution in [-0.4, -0.2) is 29.0 Å². The largest absolute Gasteiger partial charge is 0.398 e. The maximum Gasteiger partial charge on any atom is 0.227 e. The molecule has 3 rings (SSSR count). The molecule has 1 amide bonds. The number of carbonyl (C=O) groups is 1. The predicted molar refractivity (Wildman–Crippen MR) is 95.2 cm³/mol. The zero-order chi connectivity index (χ0) is 17.8. The SMILES string of the molecule is Nc1ccccc1CC(=O)N1CCC(C(O)c2ccc(F)cc2)CC1. The van der Waals surface area contributed by atoms with Crippen LogP contribution in [0.5, 0.6) is 0 Å². The molecule has 0 radical (unpaired) electrons. The van der Waals surface area contributed by atoms with Gasteiger partial charge in [-0.1, -0.05) is 30.3 Å². The van der Waals surface area contributed by atoms with E-state index in [1.54, 1.807) is 18.2 Å². The van der Waals surface area contributed by atoms with Gasteiger partial charge in [-0.2, -0.15) is 0 Å². The number of likely N-dealkylation sites (tertiary alicyclic amines) is 1. The van der Waals surface area contributed by atoms with Crippen molar-refractivity contribution in [1.82, 2.24) is 4.90 Å². The third kappa shape index (κ3) is 4.17. The number of amides is 1. The van der Waals surface area contributed by atoms with E-state index in [1.165, 1.54) is 12.1 Å². The summed E-state index contributed by atoms with van der Waals surface area (Å²) in [5.41, 5.74) is 8.11. The number of halogens is 1. The number of nitrogens with two attached hydrogens (primary N) is 1. The van der Waals surface area contributed by atoms with E-state index >= 15 is 0 Å². The Morgan fingerprint density at radius 2 is 1.80 bits per heavy atom. The lowest BCUT2D eigenvalue weighted by Gasteiger charge is -2.34. The topological polar surface area (TPSA) is 66.6 Å². The lowest BCUT2D eigenvalue weighted by Crippen LogP contribution is -2.40.